The van der Waals surface area contributed by atoms with Crippen LogP contribution < -0.4 is 5.73 Å². The summed E-state index contributed by atoms with van der Waals surface area (Å²) in [5.74, 6) is -1.83. The number of benzene rings is 1. The number of carbonyl (C=O) groups excluding carboxylic acids is 1. The number of hydrogen-bond acceptors (Lipinski definition) is 3. The van der Waals surface area contributed by atoms with E-state index < -0.39 is 17.9 Å². The summed E-state index contributed by atoms with van der Waals surface area (Å²) in [6.45, 7) is 0. The zero-order valence-electron chi connectivity index (χ0n) is 8.58. The van der Waals surface area contributed by atoms with E-state index in [1.165, 1.54) is 0 Å². The van der Waals surface area contributed by atoms with Gasteiger partial charge in [-0.1, -0.05) is 30.3 Å². The fraction of sp³-hybridized carbons (Fsp3) is 0.273. The van der Waals surface area contributed by atoms with E-state index in [1.54, 1.807) is 0 Å². The normalized spacial score (nSPS) is 13.3. The van der Waals surface area contributed by atoms with Gasteiger partial charge in [-0.05, 0) is 12.0 Å². The molecule has 0 spiro atoms. The molecule has 3 N–H and O–H groups in total. The van der Waals surface area contributed by atoms with E-state index in [0.717, 1.165) is 5.56 Å². The quantitative estimate of drug-likeness (QED) is 0.753. The molecular formula is C11H14ClNO3. The van der Waals surface area contributed by atoms with Crippen molar-refractivity contribution in [1.82, 2.24) is 0 Å². The maximum atomic E-state index is 10.7. The van der Waals surface area contributed by atoms with Crippen LogP contribution in [0.3, 0.4) is 0 Å². The Morgan fingerprint density at radius 1 is 1.38 bits per heavy atom. The van der Waals surface area contributed by atoms with E-state index in [0.29, 0.717) is 12.7 Å². The molecule has 88 valence electrons. The summed E-state index contributed by atoms with van der Waals surface area (Å²) in [7, 11) is 0. The number of nitrogens with two attached hydrogens (primary N) is 1. The molecule has 16 heavy (non-hydrogen) atoms. The molecule has 0 aliphatic carbocycles. The summed E-state index contributed by atoms with van der Waals surface area (Å²) in [5.41, 5.74) is 6.30. The smallest absolute Gasteiger partial charge is 0.321 e. The fourth-order valence-electron chi connectivity index (χ4n) is 1.33. The van der Waals surface area contributed by atoms with Crippen LogP contribution in [0.15, 0.2) is 30.3 Å². The number of carbonyl (C=O) groups is 2. The molecule has 0 aliphatic rings. The van der Waals surface area contributed by atoms with Gasteiger partial charge >= 0.3 is 5.97 Å². The molecule has 0 amide bonds. The largest absolute Gasteiger partial charge is 0.480 e. The van der Waals surface area contributed by atoms with Gasteiger partial charge in [-0.15, -0.1) is 12.4 Å². The first kappa shape index (κ1) is 14.6. The highest BCUT2D eigenvalue weighted by atomic mass is 35.5. The molecule has 2 unspecified atom stereocenters. The number of rotatable bonds is 5. The standard InChI is InChI=1S/C11H13NO3.ClH/c12-10(11(14)15)9(7-13)6-8-4-2-1-3-5-8;/h1-5,7,9-10H,6,12H2,(H,14,15);1H. The van der Waals surface area contributed by atoms with Gasteiger partial charge < -0.3 is 15.6 Å². The average molecular weight is 244 g/mol. The third kappa shape index (κ3) is 4.00. The zero-order valence-corrected chi connectivity index (χ0v) is 9.39. The van der Waals surface area contributed by atoms with Crippen molar-refractivity contribution in [2.75, 3.05) is 0 Å². The molecule has 0 bridgehead atoms. The molecule has 2 atom stereocenters. The van der Waals surface area contributed by atoms with Gasteiger partial charge in [-0.2, -0.15) is 0 Å². The van der Waals surface area contributed by atoms with E-state index in [2.05, 4.69) is 0 Å². The molecule has 4 nitrogen and oxygen atoms in total. The first-order valence-corrected chi connectivity index (χ1v) is 4.62. The van der Waals surface area contributed by atoms with Crippen LogP contribution in [0, 0.1) is 5.92 Å². The molecule has 0 aliphatic heterocycles. The lowest BCUT2D eigenvalue weighted by atomic mass is 9.94. The van der Waals surface area contributed by atoms with Crippen LogP contribution in [0.4, 0.5) is 0 Å². The van der Waals surface area contributed by atoms with Gasteiger partial charge in [-0.3, -0.25) is 4.79 Å². The molecule has 1 rings (SSSR count). The third-order valence-corrected chi connectivity index (χ3v) is 2.24. The highest BCUT2D eigenvalue weighted by Gasteiger charge is 2.23. The highest BCUT2D eigenvalue weighted by molar-refractivity contribution is 5.85. The van der Waals surface area contributed by atoms with Crippen LogP contribution >= 0.6 is 12.4 Å². The van der Waals surface area contributed by atoms with Crippen LogP contribution in [0.5, 0.6) is 0 Å². The van der Waals surface area contributed by atoms with Gasteiger partial charge in [0.05, 0.1) is 0 Å². The predicted molar refractivity (Wildman–Crippen MR) is 62.6 cm³/mol. The van der Waals surface area contributed by atoms with Gasteiger partial charge in [0.15, 0.2) is 0 Å². The van der Waals surface area contributed by atoms with Crippen LogP contribution in [0.1, 0.15) is 5.56 Å². The number of aliphatic carboxylic acids is 1. The minimum Gasteiger partial charge on any atom is -0.480 e. The Hall–Kier alpha value is -1.39. The van der Waals surface area contributed by atoms with E-state index in [4.69, 9.17) is 10.8 Å². The second kappa shape index (κ2) is 6.98. The number of aldehydes is 1. The molecule has 0 fully saturated rings. The van der Waals surface area contributed by atoms with Crippen LogP contribution in [-0.2, 0) is 16.0 Å². The fourth-order valence-corrected chi connectivity index (χ4v) is 1.33. The third-order valence-electron chi connectivity index (χ3n) is 2.24. The molecule has 0 saturated heterocycles. The van der Waals surface area contributed by atoms with Crippen molar-refractivity contribution < 1.29 is 14.7 Å². The van der Waals surface area contributed by atoms with Crippen LogP contribution in [-0.4, -0.2) is 23.4 Å². The zero-order chi connectivity index (χ0) is 11.3. The minimum absolute atomic E-state index is 0. The average Bonchev–Trinajstić information content (AvgIpc) is 2.26. The van der Waals surface area contributed by atoms with Gasteiger partial charge in [0, 0.05) is 5.92 Å². The van der Waals surface area contributed by atoms with E-state index in [-0.39, 0.29) is 12.4 Å². The lowest BCUT2D eigenvalue weighted by Gasteiger charge is -2.14. The van der Waals surface area contributed by atoms with Crippen LogP contribution in [0.25, 0.3) is 0 Å². The Kier molecular flexibility index (Phi) is 6.37. The second-order valence-corrected chi connectivity index (χ2v) is 3.35. The van der Waals surface area contributed by atoms with Gasteiger partial charge in [0.25, 0.3) is 0 Å². The van der Waals surface area contributed by atoms with Crippen molar-refractivity contribution in [2.24, 2.45) is 11.7 Å². The van der Waals surface area contributed by atoms with Crippen LogP contribution in [0.2, 0.25) is 0 Å². The van der Waals surface area contributed by atoms with E-state index in [1.807, 2.05) is 30.3 Å². The van der Waals surface area contributed by atoms with Gasteiger partial charge in [0.2, 0.25) is 0 Å². The van der Waals surface area contributed by atoms with Crippen molar-refractivity contribution in [3.05, 3.63) is 35.9 Å². The van der Waals surface area contributed by atoms with E-state index in [9.17, 15) is 9.59 Å². The first-order chi connectivity index (χ1) is 7.15. The Morgan fingerprint density at radius 3 is 2.38 bits per heavy atom. The summed E-state index contributed by atoms with van der Waals surface area (Å²) in [6.07, 6.45) is 0.962. The number of carboxylic acids is 1. The molecule has 0 aromatic heterocycles. The maximum Gasteiger partial charge on any atom is 0.321 e. The molecule has 0 heterocycles. The number of hydrogen-bond donors (Lipinski definition) is 2. The number of carboxylic acid groups (broad SMARTS) is 1. The maximum absolute atomic E-state index is 10.7. The highest BCUT2D eigenvalue weighted by Crippen LogP contribution is 2.09. The second-order valence-electron chi connectivity index (χ2n) is 3.35. The molecule has 5 heteroatoms. The SMILES string of the molecule is Cl.NC(C(=O)O)C(C=O)Cc1ccccc1. The molecule has 0 saturated carbocycles. The lowest BCUT2D eigenvalue weighted by Crippen LogP contribution is -2.39. The Morgan fingerprint density at radius 2 is 1.94 bits per heavy atom. The monoisotopic (exact) mass is 243 g/mol. The summed E-state index contributed by atoms with van der Waals surface area (Å²) in [5, 5.41) is 8.68. The van der Waals surface area contributed by atoms with Gasteiger partial charge in [0.1, 0.15) is 12.3 Å². The van der Waals surface area contributed by atoms with Crippen molar-refractivity contribution in [3.63, 3.8) is 0 Å². The van der Waals surface area contributed by atoms with Crippen molar-refractivity contribution in [2.45, 2.75) is 12.5 Å². The Bertz CT molecular complexity index is 342. The van der Waals surface area contributed by atoms with Crippen molar-refractivity contribution in [3.8, 4) is 0 Å². The lowest BCUT2D eigenvalue weighted by molar-refractivity contribution is -0.141. The predicted octanol–water partition coefficient (Wildman–Crippen LogP) is 0.878. The Labute approximate surface area is 99.9 Å². The topological polar surface area (TPSA) is 80.4 Å². The summed E-state index contributed by atoms with van der Waals surface area (Å²) in [6, 6.07) is 8.07. The summed E-state index contributed by atoms with van der Waals surface area (Å²) < 4.78 is 0. The molecular weight excluding hydrogens is 230 g/mol. The minimum atomic E-state index is -1.15. The van der Waals surface area contributed by atoms with Gasteiger partial charge in [-0.25, -0.2) is 0 Å². The first-order valence-electron chi connectivity index (χ1n) is 4.62. The Balaban J connectivity index is 0.00000225. The van der Waals surface area contributed by atoms with Crippen molar-refractivity contribution >= 4 is 24.7 Å². The number of halogens is 1. The van der Waals surface area contributed by atoms with Crippen molar-refractivity contribution in [1.29, 1.82) is 0 Å². The molecule has 1 aromatic rings. The molecule has 1 aromatic carbocycles. The summed E-state index contributed by atoms with van der Waals surface area (Å²) >= 11 is 0. The molecule has 0 radical (unpaired) electrons. The summed E-state index contributed by atoms with van der Waals surface area (Å²) in [4.78, 5) is 21.3. The van der Waals surface area contributed by atoms with E-state index >= 15 is 0 Å².